The molecule has 3 aromatic rings. The third kappa shape index (κ3) is 6.02. The van der Waals surface area contributed by atoms with Crippen LogP contribution in [0.1, 0.15) is 15.9 Å². The Hall–Kier alpha value is -2.91. The third-order valence-electron chi connectivity index (χ3n) is 6.70. The molecule has 0 unspecified atom stereocenters. The lowest BCUT2D eigenvalue weighted by molar-refractivity contribution is 0.0342. The molecule has 0 saturated carbocycles. The van der Waals surface area contributed by atoms with Gasteiger partial charge in [0, 0.05) is 69.9 Å². The highest BCUT2D eigenvalue weighted by Crippen LogP contribution is 2.26. The molecule has 184 valence electrons. The van der Waals surface area contributed by atoms with Crippen molar-refractivity contribution in [3.63, 3.8) is 0 Å². The average Bonchev–Trinajstić information content (AvgIpc) is 2.90. The summed E-state index contributed by atoms with van der Waals surface area (Å²) >= 11 is 0. The topological polar surface area (TPSA) is 69.7 Å². The molecule has 35 heavy (non-hydrogen) atoms. The van der Waals surface area contributed by atoms with E-state index in [1.54, 1.807) is 12.1 Å². The van der Waals surface area contributed by atoms with Crippen LogP contribution in [0.15, 0.2) is 48.5 Å². The molecule has 3 heterocycles. The highest BCUT2D eigenvalue weighted by Gasteiger charge is 2.16. The van der Waals surface area contributed by atoms with Crippen LogP contribution in [0.5, 0.6) is 0 Å². The van der Waals surface area contributed by atoms with E-state index in [0.717, 1.165) is 71.1 Å². The van der Waals surface area contributed by atoms with Gasteiger partial charge in [-0.15, -0.1) is 0 Å². The zero-order valence-electron chi connectivity index (χ0n) is 19.9. The Kier molecular flexibility index (Phi) is 7.63. The van der Waals surface area contributed by atoms with Crippen molar-refractivity contribution in [2.24, 2.45) is 0 Å². The van der Waals surface area contributed by atoms with Gasteiger partial charge in [-0.05, 0) is 29.8 Å². The Bertz CT molecular complexity index is 1160. The van der Waals surface area contributed by atoms with Crippen molar-refractivity contribution in [2.45, 2.75) is 6.54 Å². The lowest BCUT2D eigenvalue weighted by Crippen LogP contribution is -2.46. The van der Waals surface area contributed by atoms with Gasteiger partial charge in [0.2, 0.25) is 0 Å². The molecule has 2 aromatic carbocycles. The summed E-state index contributed by atoms with van der Waals surface area (Å²) < 4.78 is 19.5. The van der Waals surface area contributed by atoms with Crippen LogP contribution < -0.4 is 10.6 Å². The van der Waals surface area contributed by atoms with E-state index in [9.17, 15) is 9.18 Å². The number of carbonyl (C=O) groups excluding carboxylic acids is 1. The highest BCUT2D eigenvalue weighted by atomic mass is 19.1. The monoisotopic (exact) mass is 477 g/mol. The van der Waals surface area contributed by atoms with Crippen molar-refractivity contribution < 1.29 is 13.9 Å². The van der Waals surface area contributed by atoms with E-state index < -0.39 is 0 Å². The summed E-state index contributed by atoms with van der Waals surface area (Å²) in [4.78, 5) is 22.6. The highest BCUT2D eigenvalue weighted by molar-refractivity contribution is 6.07. The van der Waals surface area contributed by atoms with Gasteiger partial charge in [-0.1, -0.05) is 24.3 Å². The number of hydrogen-bond donors (Lipinski definition) is 2. The number of piperazine rings is 1. The van der Waals surface area contributed by atoms with Gasteiger partial charge in [-0.2, -0.15) is 0 Å². The number of benzene rings is 2. The predicted molar refractivity (Wildman–Crippen MR) is 135 cm³/mol. The Morgan fingerprint density at radius 1 is 1.00 bits per heavy atom. The summed E-state index contributed by atoms with van der Waals surface area (Å²) in [6.45, 7) is 9.55. The van der Waals surface area contributed by atoms with E-state index >= 15 is 0 Å². The molecule has 0 radical (unpaired) electrons. The normalized spacial score (nSPS) is 17.5. The van der Waals surface area contributed by atoms with E-state index in [1.807, 2.05) is 12.1 Å². The second-order valence-electron chi connectivity index (χ2n) is 9.15. The van der Waals surface area contributed by atoms with Crippen molar-refractivity contribution >= 4 is 16.8 Å². The maximum absolute atomic E-state index is 14.1. The number of pyridine rings is 1. The molecule has 1 aromatic heterocycles. The molecule has 2 saturated heterocycles. The Balaban J connectivity index is 1.34. The van der Waals surface area contributed by atoms with Crippen molar-refractivity contribution in [1.82, 2.24) is 25.4 Å². The lowest BCUT2D eigenvalue weighted by Gasteiger charge is -2.27. The summed E-state index contributed by atoms with van der Waals surface area (Å²) in [6.07, 6.45) is 0. The van der Waals surface area contributed by atoms with Crippen LogP contribution in [0.2, 0.25) is 0 Å². The van der Waals surface area contributed by atoms with E-state index in [-0.39, 0.29) is 11.7 Å². The van der Waals surface area contributed by atoms with Crippen LogP contribution in [0.3, 0.4) is 0 Å². The van der Waals surface area contributed by atoms with Gasteiger partial charge in [-0.3, -0.25) is 14.6 Å². The molecular weight excluding hydrogens is 445 g/mol. The van der Waals surface area contributed by atoms with Gasteiger partial charge < -0.3 is 15.4 Å². The number of nitrogens with zero attached hydrogens (tertiary/aromatic N) is 3. The fraction of sp³-hybridized carbons (Fsp3) is 0.407. The molecule has 0 spiro atoms. The van der Waals surface area contributed by atoms with Crippen molar-refractivity contribution in [1.29, 1.82) is 0 Å². The Morgan fingerprint density at radius 2 is 1.77 bits per heavy atom. The van der Waals surface area contributed by atoms with Gasteiger partial charge in [0.25, 0.3) is 5.91 Å². The number of fused-ring (bicyclic) bond motifs is 1. The zero-order valence-corrected chi connectivity index (χ0v) is 19.9. The molecular formula is C27H32FN5O2. The SMILES string of the molecule is O=C(NCCN1CCNCC1)c1cc(-c2ccc(CN3CCOCC3)cc2)nc2ccc(F)cc12. The number of morpholine rings is 1. The van der Waals surface area contributed by atoms with Crippen molar-refractivity contribution in [3.05, 3.63) is 65.5 Å². The van der Waals surface area contributed by atoms with Crippen LogP contribution >= 0.6 is 0 Å². The molecule has 0 atom stereocenters. The largest absolute Gasteiger partial charge is 0.379 e. The first-order chi connectivity index (χ1) is 17.2. The van der Waals surface area contributed by atoms with E-state index in [1.165, 1.54) is 17.7 Å². The fourth-order valence-electron chi connectivity index (χ4n) is 4.69. The number of amides is 1. The first kappa shape index (κ1) is 23.8. The second kappa shape index (κ2) is 11.2. The summed E-state index contributed by atoms with van der Waals surface area (Å²) in [7, 11) is 0. The lowest BCUT2D eigenvalue weighted by atomic mass is 10.0. The van der Waals surface area contributed by atoms with Crippen molar-refractivity contribution in [2.75, 3.05) is 65.6 Å². The quantitative estimate of drug-likeness (QED) is 0.545. The van der Waals surface area contributed by atoms with Gasteiger partial charge in [-0.25, -0.2) is 9.37 Å². The predicted octanol–water partition coefficient (Wildman–Crippen LogP) is 2.51. The summed E-state index contributed by atoms with van der Waals surface area (Å²) in [5, 5.41) is 6.88. The number of hydrogen-bond acceptors (Lipinski definition) is 6. The first-order valence-corrected chi connectivity index (χ1v) is 12.4. The van der Waals surface area contributed by atoms with Gasteiger partial charge >= 0.3 is 0 Å². The van der Waals surface area contributed by atoms with Gasteiger partial charge in [0.05, 0.1) is 30.0 Å². The summed E-state index contributed by atoms with van der Waals surface area (Å²) in [5.41, 5.74) is 3.91. The molecule has 2 aliphatic heterocycles. The molecule has 2 N–H and O–H groups in total. The molecule has 0 aliphatic carbocycles. The van der Waals surface area contributed by atoms with E-state index in [2.05, 4.69) is 32.6 Å². The van der Waals surface area contributed by atoms with Crippen LogP contribution in [0.25, 0.3) is 22.2 Å². The standard InChI is InChI=1S/C27H32FN5O2/c28-22-5-6-25-23(17-22)24(27(34)30-9-12-32-10-7-29-8-11-32)18-26(31-25)21-3-1-20(2-4-21)19-33-13-15-35-16-14-33/h1-6,17-18,29H,7-16,19H2,(H,30,34). The number of carbonyl (C=O) groups is 1. The minimum absolute atomic E-state index is 0.205. The van der Waals surface area contributed by atoms with Crippen LogP contribution in [-0.4, -0.2) is 86.3 Å². The number of ether oxygens (including phenoxy) is 1. The summed E-state index contributed by atoms with van der Waals surface area (Å²) in [5.74, 6) is -0.585. The van der Waals surface area contributed by atoms with E-state index in [0.29, 0.717) is 28.7 Å². The number of nitrogens with one attached hydrogen (secondary N) is 2. The zero-order chi connectivity index (χ0) is 24.0. The van der Waals surface area contributed by atoms with Crippen LogP contribution in [0, 0.1) is 5.82 Å². The molecule has 8 heteroatoms. The number of rotatable bonds is 7. The van der Waals surface area contributed by atoms with Crippen LogP contribution in [-0.2, 0) is 11.3 Å². The summed E-state index contributed by atoms with van der Waals surface area (Å²) in [6, 6.07) is 14.5. The molecule has 1 amide bonds. The molecule has 7 nitrogen and oxygen atoms in total. The average molecular weight is 478 g/mol. The number of halogens is 1. The second-order valence-corrected chi connectivity index (χ2v) is 9.15. The van der Waals surface area contributed by atoms with E-state index in [4.69, 9.17) is 9.72 Å². The fourth-order valence-corrected chi connectivity index (χ4v) is 4.69. The first-order valence-electron chi connectivity index (χ1n) is 12.4. The minimum Gasteiger partial charge on any atom is -0.379 e. The van der Waals surface area contributed by atoms with Gasteiger partial charge in [0.1, 0.15) is 5.82 Å². The molecule has 2 aliphatic rings. The van der Waals surface area contributed by atoms with Crippen molar-refractivity contribution in [3.8, 4) is 11.3 Å². The maximum Gasteiger partial charge on any atom is 0.252 e. The maximum atomic E-state index is 14.1. The van der Waals surface area contributed by atoms with Crippen LogP contribution in [0.4, 0.5) is 4.39 Å². The Morgan fingerprint density at radius 3 is 2.54 bits per heavy atom. The molecule has 5 rings (SSSR count). The van der Waals surface area contributed by atoms with Gasteiger partial charge in [0.15, 0.2) is 0 Å². The molecule has 2 fully saturated rings. The molecule has 0 bridgehead atoms. The Labute approximate surface area is 205 Å². The smallest absolute Gasteiger partial charge is 0.252 e. The third-order valence-corrected chi connectivity index (χ3v) is 6.70. The minimum atomic E-state index is -0.380. The number of aromatic nitrogens is 1.